The number of para-hydroxylation sites is 1. The molecular weight excluding hydrogens is 232 g/mol. The molecule has 1 aromatic carbocycles. The lowest BCUT2D eigenvalue weighted by atomic mass is 10.1. The van der Waals surface area contributed by atoms with Crippen molar-refractivity contribution in [2.45, 2.75) is 13.0 Å². The summed E-state index contributed by atoms with van der Waals surface area (Å²) in [5, 5.41) is 23.8. The third-order valence-electron chi connectivity index (χ3n) is 2.72. The highest BCUT2D eigenvalue weighted by Crippen LogP contribution is 2.27. The van der Waals surface area contributed by atoms with Gasteiger partial charge in [-0.15, -0.1) is 0 Å². The second kappa shape index (κ2) is 5.10. The highest BCUT2D eigenvalue weighted by atomic mass is 16.5. The summed E-state index contributed by atoms with van der Waals surface area (Å²) in [6, 6.07) is 9.22. The van der Waals surface area contributed by atoms with E-state index < -0.39 is 6.10 Å². The molecule has 1 aromatic heterocycles. The highest BCUT2D eigenvalue weighted by Gasteiger charge is 2.20. The van der Waals surface area contributed by atoms with Crippen molar-refractivity contribution in [1.29, 1.82) is 0 Å². The third kappa shape index (κ3) is 2.46. The molecular formula is C13H16N2O3. The van der Waals surface area contributed by atoms with Crippen LogP contribution in [0.5, 0.6) is 11.6 Å². The Bertz CT molecular complexity index is 523. The normalized spacial score (nSPS) is 12.4. The Balaban J connectivity index is 2.06. The Kier molecular flexibility index (Phi) is 3.53. The van der Waals surface area contributed by atoms with E-state index in [0.29, 0.717) is 17.0 Å². The number of benzene rings is 1. The van der Waals surface area contributed by atoms with Gasteiger partial charge in [-0.1, -0.05) is 18.2 Å². The summed E-state index contributed by atoms with van der Waals surface area (Å²) in [7, 11) is 1.62. The minimum atomic E-state index is -0.904. The Morgan fingerprint density at radius 2 is 2.00 bits per heavy atom. The summed E-state index contributed by atoms with van der Waals surface area (Å²) >= 11 is 0. The first-order valence-electron chi connectivity index (χ1n) is 5.68. The van der Waals surface area contributed by atoms with Crippen LogP contribution in [0.4, 0.5) is 0 Å². The van der Waals surface area contributed by atoms with Crippen molar-refractivity contribution in [3.05, 3.63) is 41.6 Å². The van der Waals surface area contributed by atoms with Gasteiger partial charge in [0.25, 0.3) is 0 Å². The largest absolute Gasteiger partial charge is 0.493 e. The summed E-state index contributed by atoms with van der Waals surface area (Å²) in [4.78, 5) is 0. The lowest BCUT2D eigenvalue weighted by Gasteiger charge is -2.12. The van der Waals surface area contributed by atoms with E-state index in [-0.39, 0.29) is 12.5 Å². The molecule has 0 aliphatic carbocycles. The van der Waals surface area contributed by atoms with E-state index in [0.717, 1.165) is 0 Å². The predicted molar refractivity (Wildman–Crippen MR) is 66.5 cm³/mol. The van der Waals surface area contributed by atoms with Gasteiger partial charge in [0, 0.05) is 7.05 Å². The van der Waals surface area contributed by atoms with Gasteiger partial charge in [0.2, 0.25) is 5.88 Å². The predicted octanol–water partition coefficient (Wildman–Crippen LogP) is 1.55. The molecule has 0 saturated heterocycles. The molecule has 18 heavy (non-hydrogen) atoms. The van der Waals surface area contributed by atoms with Crippen LogP contribution in [0.15, 0.2) is 30.3 Å². The standard InChI is InChI=1S/C13H16N2O3/c1-9-12(13(17)15(2)14-9)11(16)8-18-10-6-4-3-5-7-10/h3-7,11,16-17H,8H2,1-2H3. The number of aromatic nitrogens is 2. The van der Waals surface area contributed by atoms with Crippen molar-refractivity contribution in [2.75, 3.05) is 6.61 Å². The number of ether oxygens (including phenoxy) is 1. The number of rotatable bonds is 4. The molecule has 0 spiro atoms. The van der Waals surface area contributed by atoms with Crippen LogP contribution in [0.25, 0.3) is 0 Å². The van der Waals surface area contributed by atoms with Crippen LogP contribution in [-0.2, 0) is 7.05 Å². The molecule has 0 amide bonds. The summed E-state index contributed by atoms with van der Waals surface area (Å²) < 4.78 is 6.77. The van der Waals surface area contributed by atoms with Crippen molar-refractivity contribution in [2.24, 2.45) is 7.05 Å². The van der Waals surface area contributed by atoms with Crippen LogP contribution in [0.3, 0.4) is 0 Å². The topological polar surface area (TPSA) is 67.5 Å². The van der Waals surface area contributed by atoms with Crippen molar-refractivity contribution in [3.8, 4) is 11.6 Å². The summed E-state index contributed by atoms with van der Waals surface area (Å²) in [5.41, 5.74) is 1.01. The Labute approximate surface area is 105 Å². The van der Waals surface area contributed by atoms with E-state index in [1.54, 1.807) is 14.0 Å². The van der Waals surface area contributed by atoms with Crippen LogP contribution < -0.4 is 4.74 Å². The smallest absolute Gasteiger partial charge is 0.215 e. The van der Waals surface area contributed by atoms with E-state index in [2.05, 4.69) is 5.10 Å². The number of aromatic hydroxyl groups is 1. The Morgan fingerprint density at radius 3 is 2.56 bits per heavy atom. The molecule has 5 nitrogen and oxygen atoms in total. The van der Waals surface area contributed by atoms with Gasteiger partial charge in [0.15, 0.2) is 0 Å². The number of hydrogen-bond acceptors (Lipinski definition) is 4. The maximum atomic E-state index is 10.0. The molecule has 0 aliphatic heterocycles. The number of aryl methyl sites for hydroxylation is 2. The molecule has 2 aromatic rings. The average Bonchev–Trinajstić information content (AvgIpc) is 2.62. The molecule has 0 bridgehead atoms. The van der Waals surface area contributed by atoms with Crippen LogP contribution >= 0.6 is 0 Å². The molecule has 96 valence electrons. The SMILES string of the molecule is Cc1nn(C)c(O)c1C(O)COc1ccccc1. The van der Waals surface area contributed by atoms with Gasteiger partial charge in [-0.05, 0) is 19.1 Å². The average molecular weight is 248 g/mol. The Hall–Kier alpha value is -2.01. The maximum absolute atomic E-state index is 10.0. The molecule has 0 saturated carbocycles. The summed E-state index contributed by atoms with van der Waals surface area (Å²) in [6.45, 7) is 1.81. The van der Waals surface area contributed by atoms with Gasteiger partial charge in [-0.3, -0.25) is 0 Å². The molecule has 1 atom stereocenters. The molecule has 1 unspecified atom stereocenters. The first kappa shape index (κ1) is 12.4. The van der Waals surface area contributed by atoms with Gasteiger partial charge < -0.3 is 14.9 Å². The molecule has 5 heteroatoms. The number of nitrogens with zero attached hydrogens (tertiary/aromatic N) is 2. The first-order valence-corrected chi connectivity index (χ1v) is 5.68. The second-order valence-electron chi connectivity index (χ2n) is 4.09. The van der Waals surface area contributed by atoms with Gasteiger partial charge in [0.1, 0.15) is 18.5 Å². The van der Waals surface area contributed by atoms with Crippen LogP contribution in [-0.4, -0.2) is 26.6 Å². The van der Waals surface area contributed by atoms with Gasteiger partial charge in [-0.2, -0.15) is 5.10 Å². The van der Waals surface area contributed by atoms with Crippen molar-refractivity contribution < 1.29 is 14.9 Å². The zero-order valence-electron chi connectivity index (χ0n) is 10.4. The van der Waals surface area contributed by atoms with E-state index in [9.17, 15) is 10.2 Å². The zero-order chi connectivity index (χ0) is 13.1. The van der Waals surface area contributed by atoms with Crippen molar-refractivity contribution in [1.82, 2.24) is 9.78 Å². The first-order chi connectivity index (χ1) is 8.59. The minimum absolute atomic E-state index is 0.0309. The Morgan fingerprint density at radius 1 is 1.33 bits per heavy atom. The van der Waals surface area contributed by atoms with Crippen molar-refractivity contribution >= 4 is 0 Å². The third-order valence-corrected chi connectivity index (χ3v) is 2.72. The fourth-order valence-electron chi connectivity index (χ4n) is 1.83. The fourth-order valence-corrected chi connectivity index (χ4v) is 1.83. The van der Waals surface area contributed by atoms with E-state index >= 15 is 0 Å². The maximum Gasteiger partial charge on any atom is 0.215 e. The van der Waals surface area contributed by atoms with Crippen LogP contribution in [0, 0.1) is 6.92 Å². The lowest BCUT2D eigenvalue weighted by molar-refractivity contribution is 0.105. The number of aliphatic hydroxyl groups is 1. The molecule has 2 N–H and O–H groups in total. The van der Waals surface area contributed by atoms with Gasteiger partial charge in [0.05, 0.1) is 11.3 Å². The van der Waals surface area contributed by atoms with Crippen LogP contribution in [0.2, 0.25) is 0 Å². The van der Waals surface area contributed by atoms with E-state index in [4.69, 9.17) is 4.74 Å². The fraction of sp³-hybridized carbons (Fsp3) is 0.308. The molecule has 1 heterocycles. The highest BCUT2D eigenvalue weighted by molar-refractivity contribution is 5.32. The van der Waals surface area contributed by atoms with Gasteiger partial charge in [-0.25, -0.2) is 4.68 Å². The lowest BCUT2D eigenvalue weighted by Crippen LogP contribution is -2.10. The minimum Gasteiger partial charge on any atom is -0.493 e. The quantitative estimate of drug-likeness (QED) is 0.861. The molecule has 2 rings (SSSR count). The number of aliphatic hydroxyl groups excluding tert-OH is 1. The molecule has 0 radical (unpaired) electrons. The van der Waals surface area contributed by atoms with E-state index in [1.807, 2.05) is 30.3 Å². The number of hydrogen-bond donors (Lipinski definition) is 2. The van der Waals surface area contributed by atoms with E-state index in [1.165, 1.54) is 4.68 Å². The zero-order valence-corrected chi connectivity index (χ0v) is 10.4. The molecule has 0 fully saturated rings. The summed E-state index contributed by atoms with van der Waals surface area (Å²) in [6.07, 6.45) is -0.904. The van der Waals surface area contributed by atoms with Crippen molar-refractivity contribution in [3.63, 3.8) is 0 Å². The monoisotopic (exact) mass is 248 g/mol. The summed E-state index contributed by atoms with van der Waals surface area (Å²) in [5.74, 6) is 0.647. The van der Waals surface area contributed by atoms with Crippen LogP contribution in [0.1, 0.15) is 17.4 Å². The molecule has 0 aliphatic rings. The van der Waals surface area contributed by atoms with Gasteiger partial charge >= 0.3 is 0 Å². The second-order valence-corrected chi connectivity index (χ2v) is 4.09.